The monoisotopic (exact) mass is 338 g/mol. The zero-order valence-corrected chi connectivity index (χ0v) is 13.8. The van der Waals surface area contributed by atoms with Crippen LogP contribution in [0.2, 0.25) is 0 Å². The van der Waals surface area contributed by atoms with Crippen LogP contribution >= 0.6 is 0 Å². The molecule has 2 bridgehead atoms. The molecule has 1 amide bonds. The Labute approximate surface area is 145 Å². The van der Waals surface area contributed by atoms with Gasteiger partial charge in [-0.15, -0.1) is 0 Å². The van der Waals surface area contributed by atoms with Gasteiger partial charge in [-0.2, -0.15) is 0 Å². The molecule has 1 saturated heterocycles. The van der Waals surface area contributed by atoms with Crippen LogP contribution in [0.1, 0.15) is 30.4 Å². The van der Waals surface area contributed by atoms with Crippen molar-refractivity contribution >= 4 is 11.7 Å². The average Bonchev–Trinajstić information content (AvgIpc) is 2.90. The Morgan fingerprint density at radius 1 is 1.24 bits per heavy atom. The number of rotatable bonds is 3. The summed E-state index contributed by atoms with van der Waals surface area (Å²) >= 11 is 0. The van der Waals surface area contributed by atoms with E-state index in [0.717, 1.165) is 29.5 Å². The number of fused-ring (bicyclic) bond motifs is 2. The summed E-state index contributed by atoms with van der Waals surface area (Å²) in [4.78, 5) is 18.3. The van der Waals surface area contributed by atoms with Crippen LogP contribution < -0.4 is 0 Å². The maximum atomic E-state index is 13.4. The first kappa shape index (κ1) is 15.8. The molecule has 2 aliphatic heterocycles. The van der Waals surface area contributed by atoms with Gasteiger partial charge in [0.05, 0.1) is 12.2 Å². The highest BCUT2D eigenvalue weighted by Gasteiger charge is 2.40. The van der Waals surface area contributed by atoms with E-state index >= 15 is 0 Å². The Morgan fingerprint density at radius 2 is 2.08 bits per heavy atom. The third kappa shape index (κ3) is 3.27. The molecule has 2 aromatic rings. The third-order valence-corrected chi connectivity index (χ3v) is 4.89. The van der Waals surface area contributed by atoms with Gasteiger partial charge < -0.3 is 4.74 Å². The Morgan fingerprint density at radius 3 is 2.84 bits per heavy atom. The van der Waals surface area contributed by atoms with Gasteiger partial charge >= 0.3 is 6.09 Å². The lowest BCUT2D eigenvalue weighted by Gasteiger charge is -2.33. The van der Waals surface area contributed by atoms with E-state index in [-0.39, 0.29) is 30.6 Å². The van der Waals surface area contributed by atoms with Crippen LogP contribution in [-0.2, 0) is 11.3 Å². The summed E-state index contributed by atoms with van der Waals surface area (Å²) < 4.78 is 18.9. The van der Waals surface area contributed by atoms with Crippen LogP contribution in [0, 0.1) is 5.82 Å². The van der Waals surface area contributed by atoms with Gasteiger partial charge in [0.1, 0.15) is 12.4 Å². The Hall–Kier alpha value is -2.69. The zero-order valence-electron chi connectivity index (χ0n) is 13.8. The summed E-state index contributed by atoms with van der Waals surface area (Å²) in [7, 11) is 0. The summed E-state index contributed by atoms with van der Waals surface area (Å²) in [5.74, 6) is -0.338. The first-order valence-electron chi connectivity index (χ1n) is 8.51. The lowest BCUT2D eigenvalue weighted by Crippen LogP contribution is -2.43. The van der Waals surface area contributed by atoms with Gasteiger partial charge in [0, 0.05) is 12.2 Å². The molecule has 0 saturated carbocycles. The van der Waals surface area contributed by atoms with Gasteiger partial charge in [0.15, 0.2) is 0 Å². The van der Waals surface area contributed by atoms with E-state index in [1.807, 2.05) is 35.2 Å². The molecule has 3 heterocycles. The van der Waals surface area contributed by atoms with E-state index < -0.39 is 0 Å². The van der Waals surface area contributed by atoms with Crippen molar-refractivity contribution in [2.45, 2.75) is 38.0 Å². The van der Waals surface area contributed by atoms with Crippen molar-refractivity contribution in [2.24, 2.45) is 0 Å². The molecule has 128 valence electrons. The van der Waals surface area contributed by atoms with Crippen molar-refractivity contribution in [3.05, 3.63) is 71.8 Å². The number of aromatic nitrogens is 1. The molecule has 5 heteroatoms. The number of benzene rings is 1. The highest BCUT2D eigenvalue weighted by Crippen LogP contribution is 2.38. The van der Waals surface area contributed by atoms with Crippen molar-refractivity contribution in [2.75, 3.05) is 0 Å². The third-order valence-electron chi connectivity index (χ3n) is 4.89. The molecule has 4 rings (SSSR count). The molecule has 1 aromatic carbocycles. The normalized spacial score (nSPS) is 21.8. The molecular formula is C20H19FN2O2. The fourth-order valence-corrected chi connectivity index (χ4v) is 3.71. The summed E-state index contributed by atoms with van der Waals surface area (Å²) in [6.07, 6.45) is 7.23. The molecule has 0 radical (unpaired) electrons. The first-order valence-corrected chi connectivity index (χ1v) is 8.51. The largest absolute Gasteiger partial charge is 0.445 e. The minimum Gasteiger partial charge on any atom is -0.445 e. The Balaban J connectivity index is 1.47. The standard InChI is InChI=1S/C20H19FN2O2/c21-17-8-16(11-22-12-17)15-9-18-6-7-19(10-15)23(18)20(24)25-13-14-4-2-1-3-5-14/h1-5,8-9,11-12,18-19H,6-7,10,13H2. The molecule has 25 heavy (non-hydrogen) atoms. The number of ether oxygens (including phenoxy) is 1. The molecule has 2 unspecified atom stereocenters. The van der Waals surface area contributed by atoms with Gasteiger partial charge in [0.2, 0.25) is 0 Å². The van der Waals surface area contributed by atoms with E-state index in [1.54, 1.807) is 6.20 Å². The molecular weight excluding hydrogens is 319 g/mol. The SMILES string of the molecule is O=C(OCc1ccccc1)N1C2C=C(c3cncc(F)c3)CC1CC2. The smallest absolute Gasteiger partial charge is 0.410 e. The van der Waals surface area contributed by atoms with Gasteiger partial charge in [-0.3, -0.25) is 9.88 Å². The van der Waals surface area contributed by atoms with E-state index in [9.17, 15) is 9.18 Å². The van der Waals surface area contributed by atoms with Gasteiger partial charge in [0.25, 0.3) is 0 Å². The number of hydrogen-bond donors (Lipinski definition) is 0. The second-order valence-electron chi connectivity index (χ2n) is 6.53. The molecule has 1 aromatic heterocycles. The average molecular weight is 338 g/mol. The van der Waals surface area contributed by atoms with E-state index in [1.165, 1.54) is 12.3 Å². The van der Waals surface area contributed by atoms with Crippen LogP contribution in [0.4, 0.5) is 9.18 Å². The second-order valence-corrected chi connectivity index (χ2v) is 6.53. The molecule has 0 N–H and O–H groups in total. The van der Waals surface area contributed by atoms with Gasteiger partial charge in [-0.25, -0.2) is 9.18 Å². The molecule has 0 aliphatic carbocycles. The Kier molecular flexibility index (Phi) is 4.22. The topological polar surface area (TPSA) is 42.4 Å². The van der Waals surface area contributed by atoms with Gasteiger partial charge in [-0.05, 0) is 42.0 Å². The molecule has 0 spiro atoms. The molecule has 2 aliphatic rings. The second kappa shape index (κ2) is 6.67. The maximum Gasteiger partial charge on any atom is 0.410 e. The van der Waals surface area contributed by atoms with E-state index in [2.05, 4.69) is 11.1 Å². The highest BCUT2D eigenvalue weighted by molar-refractivity contribution is 5.74. The number of pyridine rings is 1. The number of carbonyl (C=O) groups is 1. The number of nitrogens with zero attached hydrogens (tertiary/aromatic N) is 2. The van der Waals surface area contributed by atoms with Crippen LogP contribution in [-0.4, -0.2) is 28.1 Å². The molecule has 1 fully saturated rings. The predicted octanol–water partition coefficient (Wildman–Crippen LogP) is 4.18. The summed E-state index contributed by atoms with van der Waals surface area (Å²) in [5.41, 5.74) is 2.84. The van der Waals surface area contributed by atoms with Crippen molar-refractivity contribution in [3.63, 3.8) is 0 Å². The molecule has 4 nitrogen and oxygen atoms in total. The highest BCUT2D eigenvalue weighted by atomic mass is 19.1. The van der Waals surface area contributed by atoms with Crippen molar-refractivity contribution < 1.29 is 13.9 Å². The van der Waals surface area contributed by atoms with Crippen molar-refractivity contribution in [1.82, 2.24) is 9.88 Å². The van der Waals surface area contributed by atoms with Crippen LogP contribution in [0.25, 0.3) is 5.57 Å². The van der Waals surface area contributed by atoms with Crippen LogP contribution in [0.3, 0.4) is 0 Å². The minimum atomic E-state index is -0.338. The van der Waals surface area contributed by atoms with E-state index in [0.29, 0.717) is 6.42 Å². The Bertz CT molecular complexity index is 806. The number of amides is 1. The van der Waals surface area contributed by atoms with Crippen molar-refractivity contribution in [3.8, 4) is 0 Å². The number of halogens is 1. The lowest BCUT2D eigenvalue weighted by atomic mass is 9.96. The maximum absolute atomic E-state index is 13.4. The fourth-order valence-electron chi connectivity index (χ4n) is 3.71. The van der Waals surface area contributed by atoms with Gasteiger partial charge in [-0.1, -0.05) is 36.4 Å². The molecule has 2 atom stereocenters. The summed E-state index contributed by atoms with van der Waals surface area (Å²) in [6, 6.07) is 11.3. The zero-order chi connectivity index (χ0) is 17.2. The quantitative estimate of drug-likeness (QED) is 0.843. The number of carbonyl (C=O) groups excluding carboxylic acids is 1. The predicted molar refractivity (Wildman–Crippen MR) is 92.1 cm³/mol. The first-order chi connectivity index (χ1) is 12.2. The summed E-state index contributed by atoms with van der Waals surface area (Å²) in [6.45, 7) is 0.278. The van der Waals surface area contributed by atoms with E-state index in [4.69, 9.17) is 4.74 Å². The fraction of sp³-hybridized carbons (Fsp3) is 0.300. The minimum absolute atomic E-state index is 0.0142. The van der Waals surface area contributed by atoms with Crippen molar-refractivity contribution in [1.29, 1.82) is 0 Å². The number of hydrogen-bond acceptors (Lipinski definition) is 3. The summed E-state index contributed by atoms with van der Waals surface area (Å²) in [5, 5.41) is 0. The van der Waals surface area contributed by atoms with Crippen LogP contribution in [0.15, 0.2) is 54.9 Å². The lowest BCUT2D eigenvalue weighted by molar-refractivity contribution is 0.0832. The van der Waals surface area contributed by atoms with Crippen LogP contribution in [0.5, 0.6) is 0 Å².